The fourth-order valence-corrected chi connectivity index (χ4v) is 2.90. The largest absolute Gasteiger partial charge is 0.356 e. The molecule has 2 N–H and O–H groups in total. The van der Waals surface area contributed by atoms with E-state index in [-0.39, 0.29) is 30.6 Å². The first-order valence-electron chi connectivity index (χ1n) is 8.49. The van der Waals surface area contributed by atoms with Gasteiger partial charge < -0.3 is 15.5 Å². The zero-order valence-electron chi connectivity index (χ0n) is 14.4. The molecule has 1 aromatic rings. The molecular weight excluding hydrogens is 306 g/mol. The van der Waals surface area contributed by atoms with E-state index < -0.39 is 0 Å². The van der Waals surface area contributed by atoms with Crippen LogP contribution in [-0.4, -0.2) is 30.8 Å². The van der Waals surface area contributed by atoms with Crippen molar-refractivity contribution in [2.75, 3.05) is 23.3 Å². The molecule has 2 rings (SSSR count). The van der Waals surface area contributed by atoms with Gasteiger partial charge in [0, 0.05) is 44.2 Å². The molecule has 0 atom stereocenters. The molecule has 6 heteroatoms. The maximum absolute atomic E-state index is 12.5. The molecule has 0 aromatic heterocycles. The van der Waals surface area contributed by atoms with Crippen molar-refractivity contribution in [3.05, 3.63) is 23.8 Å². The van der Waals surface area contributed by atoms with E-state index in [0.717, 1.165) is 36.2 Å². The minimum atomic E-state index is -0.126. The zero-order valence-corrected chi connectivity index (χ0v) is 14.4. The molecule has 0 saturated heterocycles. The topological polar surface area (TPSA) is 78.5 Å². The predicted octanol–water partition coefficient (Wildman–Crippen LogP) is 2.23. The molecule has 1 heterocycles. The summed E-state index contributed by atoms with van der Waals surface area (Å²) in [5.41, 5.74) is 2.59. The first-order chi connectivity index (χ1) is 11.5. The number of amides is 3. The summed E-state index contributed by atoms with van der Waals surface area (Å²) < 4.78 is 0. The average Bonchev–Trinajstić information content (AvgIpc) is 2.57. The molecule has 0 spiro atoms. The smallest absolute Gasteiger partial charge is 0.227 e. The lowest BCUT2D eigenvalue weighted by atomic mass is 9.99. The zero-order chi connectivity index (χ0) is 17.5. The van der Waals surface area contributed by atoms with Crippen LogP contribution in [0.2, 0.25) is 0 Å². The second-order valence-electron chi connectivity index (χ2n) is 5.98. The number of fused-ring (bicyclic) bond motifs is 1. The standard InChI is InChI=1S/C18H25N3O3/c1-3-11-19-17(23)9-10-18(24)21-12-5-6-14-15(20-13(2)22)7-4-8-16(14)21/h4,7-8H,3,5-6,9-12H2,1-2H3,(H,19,23)(H,20,22). The monoisotopic (exact) mass is 331 g/mol. The average molecular weight is 331 g/mol. The summed E-state index contributed by atoms with van der Waals surface area (Å²) in [6.07, 6.45) is 2.95. The molecule has 0 radical (unpaired) electrons. The van der Waals surface area contributed by atoms with Gasteiger partial charge in [-0.15, -0.1) is 0 Å². The number of carbonyl (C=O) groups is 3. The molecule has 0 unspecified atom stereocenters. The third-order valence-corrected chi connectivity index (χ3v) is 4.00. The molecule has 24 heavy (non-hydrogen) atoms. The van der Waals surface area contributed by atoms with Crippen LogP contribution in [0, 0.1) is 0 Å². The molecule has 0 saturated carbocycles. The SMILES string of the molecule is CCCNC(=O)CCC(=O)N1CCCc2c(NC(C)=O)cccc21. The Hall–Kier alpha value is -2.37. The maximum atomic E-state index is 12.5. The lowest BCUT2D eigenvalue weighted by molar-refractivity contribution is -0.125. The number of benzene rings is 1. The van der Waals surface area contributed by atoms with Crippen LogP contribution in [-0.2, 0) is 20.8 Å². The lowest BCUT2D eigenvalue weighted by Crippen LogP contribution is -2.36. The number of carbonyl (C=O) groups excluding carboxylic acids is 3. The normalized spacial score (nSPS) is 13.2. The van der Waals surface area contributed by atoms with Gasteiger partial charge in [0.2, 0.25) is 17.7 Å². The van der Waals surface area contributed by atoms with E-state index in [1.54, 1.807) is 4.90 Å². The summed E-state index contributed by atoms with van der Waals surface area (Å²) in [5.74, 6) is -0.267. The number of nitrogens with one attached hydrogen (secondary N) is 2. The van der Waals surface area contributed by atoms with Crippen molar-refractivity contribution in [3.63, 3.8) is 0 Å². The van der Waals surface area contributed by atoms with E-state index in [4.69, 9.17) is 0 Å². The molecule has 1 aliphatic rings. The molecule has 0 fully saturated rings. The number of rotatable bonds is 6. The van der Waals surface area contributed by atoms with Gasteiger partial charge in [-0.05, 0) is 37.0 Å². The van der Waals surface area contributed by atoms with Gasteiger partial charge in [0.15, 0.2) is 0 Å². The van der Waals surface area contributed by atoms with Crippen LogP contribution < -0.4 is 15.5 Å². The van der Waals surface area contributed by atoms with Crippen LogP contribution in [0.15, 0.2) is 18.2 Å². The van der Waals surface area contributed by atoms with Gasteiger partial charge >= 0.3 is 0 Å². The van der Waals surface area contributed by atoms with Gasteiger partial charge in [0.05, 0.1) is 0 Å². The van der Waals surface area contributed by atoms with E-state index in [1.165, 1.54) is 6.92 Å². The van der Waals surface area contributed by atoms with E-state index in [9.17, 15) is 14.4 Å². The Morgan fingerprint density at radius 1 is 1.21 bits per heavy atom. The van der Waals surface area contributed by atoms with Crippen molar-refractivity contribution in [2.24, 2.45) is 0 Å². The number of hydrogen-bond acceptors (Lipinski definition) is 3. The fraction of sp³-hybridized carbons (Fsp3) is 0.500. The Bertz CT molecular complexity index is 628. The summed E-state index contributed by atoms with van der Waals surface area (Å²) in [7, 11) is 0. The quantitative estimate of drug-likeness (QED) is 0.839. The number of hydrogen-bond donors (Lipinski definition) is 2. The summed E-state index contributed by atoms with van der Waals surface area (Å²) in [4.78, 5) is 37.3. The van der Waals surface area contributed by atoms with E-state index in [1.807, 2.05) is 25.1 Å². The van der Waals surface area contributed by atoms with Crippen molar-refractivity contribution in [3.8, 4) is 0 Å². The summed E-state index contributed by atoms with van der Waals surface area (Å²) in [6, 6.07) is 5.59. The van der Waals surface area contributed by atoms with E-state index in [0.29, 0.717) is 13.1 Å². The minimum absolute atomic E-state index is 0.0532. The highest BCUT2D eigenvalue weighted by atomic mass is 16.2. The summed E-state index contributed by atoms with van der Waals surface area (Å²) >= 11 is 0. The van der Waals surface area contributed by atoms with Crippen LogP contribution in [0.5, 0.6) is 0 Å². The molecule has 130 valence electrons. The molecular formula is C18H25N3O3. The molecule has 3 amide bonds. The van der Waals surface area contributed by atoms with Gasteiger partial charge in [0.25, 0.3) is 0 Å². The summed E-state index contributed by atoms with van der Waals surface area (Å²) in [6.45, 7) is 4.74. The van der Waals surface area contributed by atoms with Crippen molar-refractivity contribution in [2.45, 2.75) is 46.0 Å². The Balaban J connectivity index is 2.07. The molecule has 1 aliphatic heterocycles. The van der Waals surface area contributed by atoms with E-state index in [2.05, 4.69) is 10.6 Å². The first-order valence-corrected chi connectivity index (χ1v) is 8.49. The fourth-order valence-electron chi connectivity index (χ4n) is 2.90. The Labute approximate surface area is 142 Å². The lowest BCUT2D eigenvalue weighted by Gasteiger charge is -2.31. The predicted molar refractivity (Wildman–Crippen MR) is 94.0 cm³/mol. The van der Waals surface area contributed by atoms with Gasteiger partial charge in [-0.3, -0.25) is 14.4 Å². The van der Waals surface area contributed by atoms with E-state index >= 15 is 0 Å². The van der Waals surface area contributed by atoms with Gasteiger partial charge in [-0.2, -0.15) is 0 Å². The van der Waals surface area contributed by atoms with Gasteiger partial charge in [-0.25, -0.2) is 0 Å². The van der Waals surface area contributed by atoms with Crippen molar-refractivity contribution >= 4 is 29.1 Å². The third kappa shape index (κ3) is 4.57. The molecule has 0 aliphatic carbocycles. The molecule has 0 bridgehead atoms. The highest BCUT2D eigenvalue weighted by molar-refractivity contribution is 5.98. The second kappa shape index (κ2) is 8.47. The van der Waals surface area contributed by atoms with Crippen LogP contribution in [0.25, 0.3) is 0 Å². The molecule has 6 nitrogen and oxygen atoms in total. The highest BCUT2D eigenvalue weighted by Crippen LogP contribution is 2.33. The van der Waals surface area contributed by atoms with Crippen molar-refractivity contribution in [1.29, 1.82) is 0 Å². The van der Waals surface area contributed by atoms with Gasteiger partial charge in [-0.1, -0.05) is 13.0 Å². The second-order valence-corrected chi connectivity index (χ2v) is 5.98. The van der Waals surface area contributed by atoms with Crippen LogP contribution in [0.4, 0.5) is 11.4 Å². The van der Waals surface area contributed by atoms with Gasteiger partial charge in [0.1, 0.15) is 0 Å². The first kappa shape index (κ1) is 18.0. The number of nitrogens with zero attached hydrogens (tertiary/aromatic N) is 1. The Morgan fingerprint density at radius 3 is 2.71 bits per heavy atom. The van der Waals surface area contributed by atoms with Crippen LogP contribution in [0.3, 0.4) is 0 Å². The Kier molecular flexibility index (Phi) is 6.35. The minimum Gasteiger partial charge on any atom is -0.356 e. The van der Waals surface area contributed by atoms with Crippen molar-refractivity contribution in [1.82, 2.24) is 5.32 Å². The van der Waals surface area contributed by atoms with Crippen LogP contribution in [0.1, 0.15) is 45.1 Å². The maximum Gasteiger partial charge on any atom is 0.227 e. The van der Waals surface area contributed by atoms with Crippen LogP contribution >= 0.6 is 0 Å². The number of anilines is 2. The van der Waals surface area contributed by atoms with Crippen molar-refractivity contribution < 1.29 is 14.4 Å². The third-order valence-electron chi connectivity index (χ3n) is 4.00. The summed E-state index contributed by atoms with van der Waals surface area (Å²) in [5, 5.41) is 5.61. The Morgan fingerprint density at radius 2 is 2.00 bits per heavy atom. The highest BCUT2D eigenvalue weighted by Gasteiger charge is 2.24. The molecule has 1 aromatic carbocycles.